The molecule has 2 aromatic rings. The summed E-state index contributed by atoms with van der Waals surface area (Å²) in [4.78, 5) is 11.1. The zero-order chi connectivity index (χ0) is 13.8. The van der Waals surface area contributed by atoms with E-state index in [4.69, 9.17) is 16.7 Å². The molecule has 0 amide bonds. The molecular weight excluding hydrogens is 330 g/mol. The predicted molar refractivity (Wildman–Crippen MR) is 79.9 cm³/mol. The molecule has 0 bridgehead atoms. The summed E-state index contributed by atoms with van der Waals surface area (Å²) < 4.78 is 0.841. The van der Waals surface area contributed by atoms with E-state index >= 15 is 0 Å². The molecule has 0 atom stereocenters. The minimum atomic E-state index is -0.924. The average molecular weight is 341 g/mol. The van der Waals surface area contributed by atoms with Gasteiger partial charge in [0.1, 0.15) is 0 Å². The van der Waals surface area contributed by atoms with Crippen molar-refractivity contribution in [2.24, 2.45) is 0 Å². The minimum Gasteiger partial charge on any atom is -0.478 e. The fraction of sp³-hybridized carbons (Fsp3) is 0.0714. The lowest BCUT2D eigenvalue weighted by molar-refractivity contribution is 0.0696. The van der Waals surface area contributed by atoms with Gasteiger partial charge < -0.3 is 10.4 Å². The number of carboxylic acids is 1. The van der Waals surface area contributed by atoms with Gasteiger partial charge in [-0.25, -0.2) is 4.79 Å². The van der Waals surface area contributed by atoms with Gasteiger partial charge in [0.15, 0.2) is 0 Å². The van der Waals surface area contributed by atoms with Crippen molar-refractivity contribution >= 4 is 39.2 Å². The topological polar surface area (TPSA) is 49.3 Å². The average Bonchev–Trinajstić information content (AvgIpc) is 2.38. The van der Waals surface area contributed by atoms with E-state index in [-0.39, 0.29) is 0 Å². The van der Waals surface area contributed by atoms with Crippen LogP contribution in [-0.4, -0.2) is 11.1 Å². The van der Waals surface area contributed by atoms with Crippen molar-refractivity contribution in [2.75, 3.05) is 5.32 Å². The summed E-state index contributed by atoms with van der Waals surface area (Å²) in [6.45, 7) is 0.433. The van der Waals surface area contributed by atoms with Crippen LogP contribution < -0.4 is 5.32 Å². The van der Waals surface area contributed by atoms with E-state index in [1.165, 1.54) is 0 Å². The normalized spacial score (nSPS) is 10.2. The first kappa shape index (κ1) is 13.9. The first-order chi connectivity index (χ1) is 9.08. The summed E-state index contributed by atoms with van der Waals surface area (Å²) >= 11 is 9.27. The van der Waals surface area contributed by atoms with Crippen LogP contribution in [0.15, 0.2) is 46.9 Å². The second-order valence-electron chi connectivity index (χ2n) is 3.94. The van der Waals surface area contributed by atoms with E-state index in [1.807, 2.05) is 12.1 Å². The SMILES string of the molecule is O=C(O)c1ccccc1CNc1ccc(Cl)cc1Br. The van der Waals surface area contributed by atoms with Crippen molar-refractivity contribution in [2.45, 2.75) is 6.54 Å². The summed E-state index contributed by atoms with van der Waals surface area (Å²) in [7, 11) is 0. The molecule has 0 fully saturated rings. The predicted octanol–water partition coefficient (Wildman–Crippen LogP) is 4.41. The van der Waals surface area contributed by atoms with Crippen LogP contribution in [0.4, 0.5) is 5.69 Å². The fourth-order valence-electron chi connectivity index (χ4n) is 1.71. The molecule has 0 spiro atoms. The monoisotopic (exact) mass is 339 g/mol. The van der Waals surface area contributed by atoms with Gasteiger partial charge in [0.05, 0.1) is 5.56 Å². The molecule has 2 rings (SSSR count). The highest BCUT2D eigenvalue weighted by Gasteiger charge is 2.09. The maximum Gasteiger partial charge on any atom is 0.336 e. The fourth-order valence-corrected chi connectivity index (χ4v) is 2.53. The Labute approximate surface area is 124 Å². The van der Waals surface area contributed by atoms with Crippen LogP contribution >= 0.6 is 27.5 Å². The van der Waals surface area contributed by atoms with Crippen LogP contribution in [-0.2, 0) is 6.54 Å². The van der Waals surface area contributed by atoms with Gasteiger partial charge in [0.25, 0.3) is 0 Å². The van der Waals surface area contributed by atoms with Crippen LogP contribution in [0, 0.1) is 0 Å². The largest absolute Gasteiger partial charge is 0.478 e. The Morgan fingerprint density at radius 1 is 1.26 bits per heavy atom. The molecule has 2 N–H and O–H groups in total. The zero-order valence-electron chi connectivity index (χ0n) is 9.86. The molecule has 0 aromatic heterocycles. The zero-order valence-corrected chi connectivity index (χ0v) is 12.2. The molecule has 19 heavy (non-hydrogen) atoms. The number of halogens is 2. The molecule has 0 aliphatic heterocycles. The highest BCUT2D eigenvalue weighted by atomic mass is 79.9. The van der Waals surface area contributed by atoms with E-state index in [9.17, 15) is 4.79 Å². The van der Waals surface area contributed by atoms with Crippen molar-refractivity contribution in [3.8, 4) is 0 Å². The molecule has 2 aromatic carbocycles. The van der Waals surface area contributed by atoms with E-state index in [2.05, 4.69) is 21.2 Å². The lowest BCUT2D eigenvalue weighted by Gasteiger charge is -2.10. The maximum atomic E-state index is 11.1. The summed E-state index contributed by atoms with van der Waals surface area (Å²) in [5.41, 5.74) is 1.90. The summed E-state index contributed by atoms with van der Waals surface area (Å²) in [6, 6.07) is 12.3. The molecule has 0 unspecified atom stereocenters. The van der Waals surface area contributed by atoms with Gasteiger partial charge in [-0.15, -0.1) is 0 Å². The number of aromatic carboxylic acids is 1. The van der Waals surface area contributed by atoms with Crippen LogP contribution in [0.25, 0.3) is 0 Å². The Morgan fingerprint density at radius 2 is 2.00 bits per heavy atom. The van der Waals surface area contributed by atoms with Crippen molar-refractivity contribution in [1.29, 1.82) is 0 Å². The van der Waals surface area contributed by atoms with Crippen molar-refractivity contribution in [3.05, 3.63) is 63.1 Å². The number of rotatable bonds is 4. The van der Waals surface area contributed by atoms with Gasteiger partial charge in [0.2, 0.25) is 0 Å². The molecule has 98 valence electrons. The summed E-state index contributed by atoms with van der Waals surface area (Å²) in [6.07, 6.45) is 0. The van der Waals surface area contributed by atoms with Gasteiger partial charge in [-0.1, -0.05) is 29.8 Å². The van der Waals surface area contributed by atoms with E-state index in [0.29, 0.717) is 17.1 Å². The standard InChI is InChI=1S/C14H11BrClNO2/c15-12-7-10(16)5-6-13(12)17-8-9-3-1-2-4-11(9)14(18)19/h1-7,17H,8H2,(H,18,19). The van der Waals surface area contributed by atoms with Gasteiger partial charge in [-0.2, -0.15) is 0 Å². The maximum absolute atomic E-state index is 11.1. The molecule has 0 saturated carbocycles. The molecule has 0 saturated heterocycles. The number of anilines is 1. The molecular formula is C14H11BrClNO2. The number of hydrogen-bond acceptors (Lipinski definition) is 2. The lowest BCUT2D eigenvalue weighted by atomic mass is 10.1. The van der Waals surface area contributed by atoms with Crippen LogP contribution in [0.3, 0.4) is 0 Å². The molecule has 0 heterocycles. The van der Waals surface area contributed by atoms with Gasteiger partial charge in [-0.05, 0) is 45.8 Å². The lowest BCUT2D eigenvalue weighted by Crippen LogP contribution is -2.07. The van der Waals surface area contributed by atoms with E-state index in [0.717, 1.165) is 15.7 Å². The minimum absolute atomic E-state index is 0.306. The quantitative estimate of drug-likeness (QED) is 0.866. The third kappa shape index (κ3) is 3.49. The van der Waals surface area contributed by atoms with Gasteiger partial charge >= 0.3 is 5.97 Å². The van der Waals surface area contributed by atoms with Gasteiger partial charge in [-0.3, -0.25) is 0 Å². The smallest absolute Gasteiger partial charge is 0.336 e. The third-order valence-corrected chi connectivity index (χ3v) is 3.54. The highest BCUT2D eigenvalue weighted by Crippen LogP contribution is 2.26. The number of carbonyl (C=O) groups is 1. The molecule has 3 nitrogen and oxygen atoms in total. The summed E-state index contributed by atoms with van der Waals surface area (Å²) in [5, 5.41) is 12.9. The Morgan fingerprint density at radius 3 is 2.68 bits per heavy atom. The number of benzene rings is 2. The van der Waals surface area contributed by atoms with Crippen molar-refractivity contribution < 1.29 is 9.90 Å². The van der Waals surface area contributed by atoms with Crippen molar-refractivity contribution in [3.63, 3.8) is 0 Å². The summed E-state index contributed by atoms with van der Waals surface area (Å²) in [5.74, 6) is -0.924. The van der Waals surface area contributed by atoms with Crippen LogP contribution in [0.1, 0.15) is 15.9 Å². The number of hydrogen-bond donors (Lipinski definition) is 2. The molecule has 0 aliphatic carbocycles. The Bertz CT molecular complexity index is 616. The Balaban J connectivity index is 2.17. The second kappa shape index (κ2) is 6.08. The Hall–Kier alpha value is -1.52. The first-order valence-corrected chi connectivity index (χ1v) is 6.75. The highest BCUT2D eigenvalue weighted by molar-refractivity contribution is 9.10. The van der Waals surface area contributed by atoms with Crippen LogP contribution in [0.5, 0.6) is 0 Å². The molecule has 0 radical (unpaired) electrons. The molecule has 5 heteroatoms. The molecule has 0 aliphatic rings. The van der Waals surface area contributed by atoms with Gasteiger partial charge in [0, 0.05) is 21.7 Å². The van der Waals surface area contributed by atoms with E-state index in [1.54, 1.807) is 30.3 Å². The first-order valence-electron chi connectivity index (χ1n) is 5.58. The van der Waals surface area contributed by atoms with Crippen LogP contribution in [0.2, 0.25) is 5.02 Å². The Kier molecular flexibility index (Phi) is 4.45. The second-order valence-corrected chi connectivity index (χ2v) is 5.23. The number of carboxylic acid groups (broad SMARTS) is 1. The number of nitrogens with one attached hydrogen (secondary N) is 1. The third-order valence-electron chi connectivity index (χ3n) is 2.65. The van der Waals surface area contributed by atoms with Crippen molar-refractivity contribution in [1.82, 2.24) is 0 Å². The van der Waals surface area contributed by atoms with E-state index < -0.39 is 5.97 Å².